The second-order valence-corrected chi connectivity index (χ2v) is 6.95. The fourth-order valence-corrected chi connectivity index (χ4v) is 2.54. The second kappa shape index (κ2) is 7.41. The molecule has 24 heavy (non-hydrogen) atoms. The van der Waals surface area contributed by atoms with E-state index in [2.05, 4.69) is 10.3 Å². The van der Waals surface area contributed by atoms with E-state index in [1.165, 1.54) is 24.3 Å². The maximum absolute atomic E-state index is 12.2. The van der Waals surface area contributed by atoms with Crippen LogP contribution in [0.3, 0.4) is 0 Å². The highest BCUT2D eigenvalue weighted by atomic mass is 32.2. The number of benzene rings is 1. The molecule has 0 aliphatic carbocycles. The molecular weight excluding hydrogens is 330 g/mol. The largest absolute Gasteiger partial charge is 0.475 e. The topological polar surface area (TPSA) is 111 Å². The molecule has 2 aromatic rings. The lowest BCUT2D eigenvalue weighted by Gasteiger charge is -2.13. The van der Waals surface area contributed by atoms with E-state index in [0.717, 1.165) is 5.56 Å². The van der Waals surface area contributed by atoms with Crippen LogP contribution >= 0.6 is 0 Å². The molecule has 1 amide bonds. The fourth-order valence-electron chi connectivity index (χ4n) is 1.98. The number of carbonyl (C=O) groups is 1. The Morgan fingerprint density at radius 1 is 1.29 bits per heavy atom. The van der Waals surface area contributed by atoms with E-state index in [1.807, 2.05) is 13.8 Å². The number of nitrogens with zero attached hydrogens (tertiary/aromatic N) is 1. The van der Waals surface area contributed by atoms with Crippen LogP contribution in [0.5, 0.6) is 5.88 Å². The molecule has 0 spiro atoms. The number of nitrogens with one attached hydrogen (secondary N) is 1. The van der Waals surface area contributed by atoms with Crippen LogP contribution in [-0.4, -0.2) is 25.4 Å². The molecule has 0 saturated carbocycles. The summed E-state index contributed by atoms with van der Waals surface area (Å²) in [5.41, 5.74) is 0.930. The lowest BCUT2D eigenvalue weighted by molar-refractivity contribution is 0.0950. The lowest BCUT2D eigenvalue weighted by atomic mass is 10.2. The molecule has 0 fully saturated rings. The van der Waals surface area contributed by atoms with E-state index < -0.39 is 15.9 Å². The predicted molar refractivity (Wildman–Crippen MR) is 89.0 cm³/mol. The maximum Gasteiger partial charge on any atom is 0.251 e. The number of hydrogen-bond donors (Lipinski definition) is 2. The van der Waals surface area contributed by atoms with Crippen LogP contribution in [-0.2, 0) is 16.6 Å². The highest BCUT2D eigenvalue weighted by Gasteiger charge is 2.13. The molecule has 8 heteroatoms. The Morgan fingerprint density at radius 3 is 2.71 bits per heavy atom. The van der Waals surface area contributed by atoms with Gasteiger partial charge in [0.2, 0.25) is 15.9 Å². The van der Waals surface area contributed by atoms with E-state index in [1.54, 1.807) is 18.3 Å². The van der Waals surface area contributed by atoms with Crippen LogP contribution in [0.15, 0.2) is 47.5 Å². The minimum absolute atomic E-state index is 0.0409. The summed E-state index contributed by atoms with van der Waals surface area (Å²) in [5, 5.41) is 7.79. The summed E-state index contributed by atoms with van der Waals surface area (Å²) in [6.45, 7) is 3.97. The van der Waals surface area contributed by atoms with Gasteiger partial charge in [-0.15, -0.1) is 0 Å². The first-order valence-electron chi connectivity index (χ1n) is 7.29. The van der Waals surface area contributed by atoms with Crippen molar-refractivity contribution in [3.05, 3.63) is 53.7 Å². The summed E-state index contributed by atoms with van der Waals surface area (Å²) in [4.78, 5) is 16.3. The number of ether oxygens (including phenoxy) is 1. The number of aromatic nitrogens is 1. The van der Waals surface area contributed by atoms with E-state index in [9.17, 15) is 13.2 Å². The molecule has 0 unspecified atom stereocenters. The average Bonchev–Trinajstić information content (AvgIpc) is 2.52. The van der Waals surface area contributed by atoms with Crippen LogP contribution in [0.1, 0.15) is 29.8 Å². The van der Waals surface area contributed by atoms with Crippen LogP contribution in [0.25, 0.3) is 0 Å². The number of carbonyl (C=O) groups excluding carboxylic acids is 1. The Hall–Kier alpha value is -2.45. The van der Waals surface area contributed by atoms with Gasteiger partial charge >= 0.3 is 0 Å². The summed E-state index contributed by atoms with van der Waals surface area (Å²) in [6, 6.07) is 9.09. The van der Waals surface area contributed by atoms with Gasteiger partial charge in [-0.2, -0.15) is 0 Å². The Bertz CT molecular complexity index is 835. The first-order valence-corrected chi connectivity index (χ1v) is 8.83. The van der Waals surface area contributed by atoms with Crippen LogP contribution < -0.4 is 15.2 Å². The molecule has 0 aliphatic heterocycles. The zero-order valence-electron chi connectivity index (χ0n) is 13.4. The molecule has 2 rings (SSSR count). The predicted octanol–water partition coefficient (Wildman–Crippen LogP) is 1.45. The summed E-state index contributed by atoms with van der Waals surface area (Å²) in [5.74, 6) is 0.0333. The molecule has 0 saturated heterocycles. The van der Waals surface area contributed by atoms with Crippen molar-refractivity contribution < 1.29 is 17.9 Å². The number of pyridine rings is 1. The monoisotopic (exact) mass is 349 g/mol. The fraction of sp³-hybridized carbons (Fsp3) is 0.250. The van der Waals surface area contributed by atoms with E-state index in [0.29, 0.717) is 5.88 Å². The van der Waals surface area contributed by atoms with Gasteiger partial charge in [0.1, 0.15) is 0 Å². The first-order chi connectivity index (χ1) is 11.3. The van der Waals surface area contributed by atoms with Gasteiger partial charge in [0.05, 0.1) is 11.0 Å². The smallest absolute Gasteiger partial charge is 0.251 e. The molecule has 1 heterocycles. The molecule has 7 nitrogen and oxygen atoms in total. The summed E-state index contributed by atoms with van der Waals surface area (Å²) >= 11 is 0. The SMILES string of the molecule is CC(C)Oc1ncccc1CNC(=O)c1cccc(S(N)(=O)=O)c1. The summed E-state index contributed by atoms with van der Waals surface area (Å²) in [6.07, 6.45) is 1.57. The third-order valence-corrected chi connectivity index (χ3v) is 3.97. The third kappa shape index (κ3) is 4.77. The molecule has 3 N–H and O–H groups in total. The van der Waals surface area contributed by atoms with Gasteiger partial charge in [0, 0.05) is 23.9 Å². The van der Waals surface area contributed by atoms with Gasteiger partial charge in [-0.1, -0.05) is 12.1 Å². The van der Waals surface area contributed by atoms with Crippen LogP contribution in [0.2, 0.25) is 0 Å². The minimum Gasteiger partial charge on any atom is -0.475 e. The highest BCUT2D eigenvalue weighted by Crippen LogP contribution is 2.16. The van der Waals surface area contributed by atoms with Crippen LogP contribution in [0, 0.1) is 0 Å². The van der Waals surface area contributed by atoms with E-state index in [-0.39, 0.29) is 23.1 Å². The Morgan fingerprint density at radius 2 is 2.04 bits per heavy atom. The molecule has 0 bridgehead atoms. The minimum atomic E-state index is -3.86. The van der Waals surface area contributed by atoms with Gasteiger partial charge in [0.25, 0.3) is 5.91 Å². The molecule has 128 valence electrons. The number of sulfonamides is 1. The molecular formula is C16H19N3O4S. The normalized spacial score (nSPS) is 11.3. The average molecular weight is 349 g/mol. The number of primary sulfonamides is 1. The summed E-state index contributed by atoms with van der Waals surface area (Å²) in [7, 11) is -3.86. The van der Waals surface area contributed by atoms with Crippen molar-refractivity contribution in [3.63, 3.8) is 0 Å². The van der Waals surface area contributed by atoms with Crippen molar-refractivity contribution in [1.29, 1.82) is 0 Å². The summed E-state index contributed by atoms with van der Waals surface area (Å²) < 4.78 is 28.3. The number of amides is 1. The van der Waals surface area contributed by atoms with Crippen molar-refractivity contribution in [2.75, 3.05) is 0 Å². The van der Waals surface area contributed by atoms with Crippen molar-refractivity contribution in [3.8, 4) is 5.88 Å². The molecule has 0 aliphatic rings. The van der Waals surface area contributed by atoms with Gasteiger partial charge in [-0.25, -0.2) is 18.5 Å². The van der Waals surface area contributed by atoms with Gasteiger partial charge in [0.15, 0.2) is 0 Å². The molecule has 1 aromatic carbocycles. The van der Waals surface area contributed by atoms with Crippen molar-refractivity contribution in [2.24, 2.45) is 5.14 Å². The van der Waals surface area contributed by atoms with Gasteiger partial charge < -0.3 is 10.1 Å². The van der Waals surface area contributed by atoms with E-state index >= 15 is 0 Å². The molecule has 1 aromatic heterocycles. The van der Waals surface area contributed by atoms with Gasteiger partial charge in [-0.05, 0) is 38.1 Å². The lowest BCUT2D eigenvalue weighted by Crippen LogP contribution is -2.24. The standard InChI is InChI=1S/C16H19N3O4S/c1-11(2)23-16-13(6-4-8-18-16)10-19-15(20)12-5-3-7-14(9-12)24(17,21)22/h3-9,11H,10H2,1-2H3,(H,19,20)(H2,17,21,22). The Labute approximate surface area is 140 Å². The number of nitrogens with two attached hydrogens (primary N) is 1. The Kier molecular flexibility index (Phi) is 5.53. The number of rotatable bonds is 6. The zero-order valence-corrected chi connectivity index (χ0v) is 14.2. The highest BCUT2D eigenvalue weighted by molar-refractivity contribution is 7.89. The van der Waals surface area contributed by atoms with Gasteiger partial charge in [-0.3, -0.25) is 4.79 Å². The maximum atomic E-state index is 12.2. The second-order valence-electron chi connectivity index (χ2n) is 5.39. The van der Waals surface area contributed by atoms with E-state index in [4.69, 9.17) is 9.88 Å². The quantitative estimate of drug-likeness (QED) is 0.820. The molecule has 0 radical (unpaired) electrons. The first kappa shape index (κ1) is 17.9. The number of hydrogen-bond acceptors (Lipinski definition) is 5. The zero-order chi connectivity index (χ0) is 17.7. The van der Waals surface area contributed by atoms with Crippen molar-refractivity contribution in [2.45, 2.75) is 31.4 Å². The molecule has 0 atom stereocenters. The van der Waals surface area contributed by atoms with Crippen molar-refractivity contribution >= 4 is 15.9 Å². The third-order valence-electron chi connectivity index (χ3n) is 3.06. The van der Waals surface area contributed by atoms with Crippen LogP contribution in [0.4, 0.5) is 0 Å². The van der Waals surface area contributed by atoms with Crippen molar-refractivity contribution in [1.82, 2.24) is 10.3 Å². The Balaban J connectivity index is 2.12.